The molecule has 1 aliphatic rings. The van der Waals surface area contributed by atoms with E-state index in [-0.39, 0.29) is 0 Å². The highest BCUT2D eigenvalue weighted by molar-refractivity contribution is 5.83. The van der Waals surface area contributed by atoms with Gasteiger partial charge in [0, 0.05) is 12.3 Å². The predicted molar refractivity (Wildman–Crippen MR) is 93.5 cm³/mol. The Hall–Kier alpha value is -3.36. The zero-order valence-corrected chi connectivity index (χ0v) is 13.4. The Labute approximate surface area is 142 Å². The van der Waals surface area contributed by atoms with E-state index in [0.29, 0.717) is 23.4 Å². The normalized spacial score (nSPS) is 14.9. The van der Waals surface area contributed by atoms with E-state index in [1.165, 1.54) is 6.42 Å². The summed E-state index contributed by atoms with van der Waals surface area (Å²) in [6.07, 6.45) is 9.07. The van der Waals surface area contributed by atoms with E-state index in [1.807, 2.05) is 23.1 Å². The van der Waals surface area contributed by atoms with Crippen LogP contribution in [0.5, 0.6) is 0 Å². The molecule has 5 rings (SSSR count). The third-order valence-electron chi connectivity index (χ3n) is 4.73. The molecule has 0 saturated heterocycles. The van der Waals surface area contributed by atoms with Crippen LogP contribution >= 0.6 is 0 Å². The lowest BCUT2D eigenvalue weighted by Crippen LogP contribution is -2.17. The fourth-order valence-corrected chi connectivity index (χ4v) is 3.15. The number of nitrogens with two attached hydrogens (primary N) is 2. The van der Waals surface area contributed by atoms with Crippen LogP contribution in [0.4, 0.5) is 11.6 Å². The topological polar surface area (TPSA) is 129 Å². The van der Waals surface area contributed by atoms with Crippen LogP contribution < -0.4 is 11.5 Å². The summed E-state index contributed by atoms with van der Waals surface area (Å²) in [5, 5.41) is 15.7. The lowest BCUT2D eigenvalue weighted by atomic mass is 9.93. The van der Waals surface area contributed by atoms with E-state index < -0.39 is 0 Å². The quantitative estimate of drug-likeness (QED) is 0.524. The van der Waals surface area contributed by atoms with Crippen molar-refractivity contribution in [3.8, 4) is 22.6 Å². The number of H-pyrrole nitrogens is 1. The molecule has 0 unspecified atom stereocenters. The lowest BCUT2D eigenvalue weighted by molar-refractivity contribution is 0.290. The Bertz CT molecular complexity index is 1070. The van der Waals surface area contributed by atoms with Crippen molar-refractivity contribution in [2.75, 3.05) is 11.5 Å². The Morgan fingerprint density at radius 2 is 2.08 bits per heavy atom. The minimum Gasteiger partial charge on any atom is -0.382 e. The molecule has 0 aliphatic heterocycles. The first kappa shape index (κ1) is 14.0. The molecular weight excluding hydrogens is 318 g/mol. The van der Waals surface area contributed by atoms with Gasteiger partial charge in [-0.3, -0.25) is 9.78 Å². The molecular formula is C16H17N9. The number of hydrogen-bond donors (Lipinski definition) is 3. The Morgan fingerprint density at radius 1 is 1.20 bits per heavy atom. The summed E-state index contributed by atoms with van der Waals surface area (Å²) in [7, 11) is 0. The first-order valence-electron chi connectivity index (χ1n) is 8.19. The molecule has 0 atom stereocenters. The lowest BCUT2D eigenvalue weighted by Gasteiger charge is -2.25. The Kier molecular flexibility index (Phi) is 2.84. The van der Waals surface area contributed by atoms with E-state index in [2.05, 4.69) is 20.4 Å². The van der Waals surface area contributed by atoms with Crippen molar-refractivity contribution in [3.05, 3.63) is 30.7 Å². The summed E-state index contributed by atoms with van der Waals surface area (Å²) < 4.78 is 3.73. The van der Waals surface area contributed by atoms with Crippen LogP contribution in [-0.2, 0) is 0 Å². The number of aromatic nitrogens is 7. The number of aromatic amines is 1. The van der Waals surface area contributed by atoms with Crippen molar-refractivity contribution < 1.29 is 0 Å². The smallest absolute Gasteiger partial charge is 0.155 e. The predicted octanol–water partition coefficient (Wildman–Crippen LogP) is 1.87. The fourth-order valence-electron chi connectivity index (χ4n) is 3.15. The second-order valence-electron chi connectivity index (χ2n) is 6.34. The first-order chi connectivity index (χ1) is 12.2. The van der Waals surface area contributed by atoms with Crippen molar-refractivity contribution in [2.45, 2.75) is 25.3 Å². The van der Waals surface area contributed by atoms with Gasteiger partial charge < -0.3 is 11.5 Å². The SMILES string of the molecule is Nc1cc(-c2cn3nccc3c(-c3cn(C4CCC4)nc3N)n2)[nH]n1. The molecule has 5 N–H and O–H groups in total. The van der Waals surface area contributed by atoms with Crippen LogP contribution in [0.1, 0.15) is 25.3 Å². The van der Waals surface area contributed by atoms with Gasteiger partial charge in [-0.1, -0.05) is 0 Å². The summed E-state index contributed by atoms with van der Waals surface area (Å²) in [4.78, 5) is 4.78. The molecule has 1 fully saturated rings. The fraction of sp³-hybridized carbons (Fsp3) is 0.250. The number of nitrogen functional groups attached to an aromatic ring is 2. The van der Waals surface area contributed by atoms with E-state index in [1.54, 1.807) is 16.8 Å². The largest absolute Gasteiger partial charge is 0.382 e. The zero-order valence-electron chi connectivity index (χ0n) is 13.4. The highest BCUT2D eigenvalue weighted by Gasteiger charge is 2.23. The average Bonchev–Trinajstić information content (AvgIpc) is 3.24. The van der Waals surface area contributed by atoms with Crippen LogP contribution in [0.25, 0.3) is 28.2 Å². The summed E-state index contributed by atoms with van der Waals surface area (Å²) in [5.41, 5.74) is 15.7. The van der Waals surface area contributed by atoms with Crippen LogP contribution in [0.2, 0.25) is 0 Å². The molecule has 1 saturated carbocycles. The van der Waals surface area contributed by atoms with E-state index in [9.17, 15) is 0 Å². The standard InChI is InChI=1S/C16H17N9/c17-14-6-11(21-22-14)12-8-25-13(4-5-19-25)15(20-12)10-7-24(23-16(10)18)9-2-1-3-9/h4-9H,1-3H2,(H2,18,23)(H3,17,21,22). The van der Waals surface area contributed by atoms with Gasteiger partial charge in [0.25, 0.3) is 0 Å². The van der Waals surface area contributed by atoms with Gasteiger partial charge in [-0.25, -0.2) is 9.50 Å². The van der Waals surface area contributed by atoms with Crippen molar-refractivity contribution >= 4 is 17.2 Å². The molecule has 0 bridgehead atoms. The number of nitrogens with one attached hydrogen (secondary N) is 1. The Balaban J connectivity index is 1.69. The first-order valence-corrected chi connectivity index (χ1v) is 8.19. The summed E-state index contributed by atoms with van der Waals surface area (Å²) in [6, 6.07) is 4.09. The summed E-state index contributed by atoms with van der Waals surface area (Å²) in [6.45, 7) is 0. The molecule has 9 heteroatoms. The molecule has 0 radical (unpaired) electrons. The minimum atomic E-state index is 0.413. The Morgan fingerprint density at radius 3 is 2.80 bits per heavy atom. The number of anilines is 2. The van der Waals surface area contributed by atoms with Crippen molar-refractivity contribution in [1.29, 1.82) is 0 Å². The molecule has 4 heterocycles. The molecule has 25 heavy (non-hydrogen) atoms. The zero-order chi connectivity index (χ0) is 17.0. The van der Waals surface area contributed by atoms with Crippen LogP contribution in [0, 0.1) is 0 Å². The number of rotatable bonds is 3. The van der Waals surface area contributed by atoms with Gasteiger partial charge in [0.05, 0.1) is 35.2 Å². The van der Waals surface area contributed by atoms with Crippen LogP contribution in [0.15, 0.2) is 30.7 Å². The summed E-state index contributed by atoms with van der Waals surface area (Å²) >= 11 is 0. The second-order valence-corrected chi connectivity index (χ2v) is 6.34. The highest BCUT2D eigenvalue weighted by atomic mass is 15.3. The maximum atomic E-state index is 6.20. The van der Waals surface area contributed by atoms with E-state index in [4.69, 9.17) is 16.5 Å². The molecule has 126 valence electrons. The van der Waals surface area contributed by atoms with Crippen molar-refractivity contribution in [1.82, 2.24) is 34.6 Å². The minimum absolute atomic E-state index is 0.413. The van der Waals surface area contributed by atoms with Crippen molar-refractivity contribution in [2.24, 2.45) is 0 Å². The van der Waals surface area contributed by atoms with Gasteiger partial charge in [-0.05, 0) is 25.3 Å². The van der Waals surface area contributed by atoms with Crippen LogP contribution in [-0.4, -0.2) is 34.6 Å². The number of fused-ring (bicyclic) bond motifs is 1. The third kappa shape index (κ3) is 2.16. The molecule has 4 aromatic heterocycles. The monoisotopic (exact) mass is 335 g/mol. The molecule has 0 amide bonds. The van der Waals surface area contributed by atoms with Gasteiger partial charge in [0.15, 0.2) is 5.82 Å². The molecule has 9 nitrogen and oxygen atoms in total. The van der Waals surface area contributed by atoms with Crippen LogP contribution in [0.3, 0.4) is 0 Å². The third-order valence-corrected chi connectivity index (χ3v) is 4.73. The molecule has 4 aromatic rings. The second kappa shape index (κ2) is 5.07. The highest BCUT2D eigenvalue weighted by Crippen LogP contribution is 2.35. The number of hydrogen-bond acceptors (Lipinski definition) is 6. The van der Waals surface area contributed by atoms with Gasteiger partial charge in [0.1, 0.15) is 17.2 Å². The van der Waals surface area contributed by atoms with Crippen molar-refractivity contribution in [3.63, 3.8) is 0 Å². The average molecular weight is 335 g/mol. The van der Waals surface area contributed by atoms with Gasteiger partial charge in [0.2, 0.25) is 0 Å². The molecule has 1 aliphatic carbocycles. The van der Waals surface area contributed by atoms with Gasteiger partial charge in [-0.15, -0.1) is 0 Å². The summed E-state index contributed by atoms with van der Waals surface area (Å²) in [5.74, 6) is 0.889. The maximum Gasteiger partial charge on any atom is 0.155 e. The molecule has 0 spiro atoms. The number of nitrogens with zero attached hydrogens (tertiary/aromatic N) is 6. The maximum absolute atomic E-state index is 6.20. The molecule has 0 aromatic carbocycles. The van der Waals surface area contributed by atoms with E-state index in [0.717, 1.165) is 35.3 Å². The van der Waals surface area contributed by atoms with Gasteiger partial charge in [-0.2, -0.15) is 15.3 Å². The van der Waals surface area contributed by atoms with E-state index >= 15 is 0 Å². The van der Waals surface area contributed by atoms with Gasteiger partial charge >= 0.3 is 0 Å².